The molecule has 2 aromatic rings. The largest absolute Gasteiger partial charge is 0.376 e. The lowest BCUT2D eigenvalue weighted by molar-refractivity contribution is 0.0892. The fraction of sp³-hybridized carbons (Fsp3) is 0.294. The van der Waals surface area contributed by atoms with E-state index in [0.29, 0.717) is 19.8 Å². The molecule has 0 fully saturated rings. The molecule has 106 valence electrons. The van der Waals surface area contributed by atoms with Crippen LogP contribution in [-0.4, -0.2) is 13.2 Å². The lowest BCUT2D eigenvalue weighted by Gasteiger charge is -2.15. The number of ether oxygens (including phenoxy) is 1. The summed E-state index contributed by atoms with van der Waals surface area (Å²) in [5, 5.41) is 0. The summed E-state index contributed by atoms with van der Waals surface area (Å²) in [5.74, 6) is 0.00369. The van der Waals surface area contributed by atoms with Crippen LogP contribution in [0.4, 0.5) is 4.39 Å². The van der Waals surface area contributed by atoms with Crippen LogP contribution in [-0.2, 0) is 17.8 Å². The fourth-order valence-corrected chi connectivity index (χ4v) is 2.13. The zero-order valence-electron chi connectivity index (χ0n) is 11.5. The minimum Gasteiger partial charge on any atom is -0.376 e. The van der Waals surface area contributed by atoms with Crippen molar-refractivity contribution in [2.75, 3.05) is 13.2 Å². The molecule has 0 aromatic heterocycles. The van der Waals surface area contributed by atoms with Crippen LogP contribution in [0.25, 0.3) is 0 Å². The first-order valence-electron chi connectivity index (χ1n) is 6.84. The summed E-state index contributed by atoms with van der Waals surface area (Å²) in [6.45, 7) is 1.70. The van der Waals surface area contributed by atoms with Crippen molar-refractivity contribution in [1.82, 2.24) is 0 Å². The van der Waals surface area contributed by atoms with E-state index >= 15 is 0 Å². The van der Waals surface area contributed by atoms with Gasteiger partial charge in [-0.1, -0.05) is 42.5 Å². The number of rotatable bonds is 7. The van der Waals surface area contributed by atoms with E-state index in [2.05, 4.69) is 0 Å². The summed E-state index contributed by atoms with van der Waals surface area (Å²) in [5.41, 5.74) is 7.87. The summed E-state index contributed by atoms with van der Waals surface area (Å²) in [6.07, 6.45) is 0.739. The molecule has 0 saturated heterocycles. The second-order valence-electron chi connectivity index (χ2n) is 4.94. The molecule has 0 saturated carbocycles. The molecule has 0 heterocycles. The van der Waals surface area contributed by atoms with Gasteiger partial charge in [-0.25, -0.2) is 4.39 Å². The highest BCUT2D eigenvalue weighted by molar-refractivity contribution is 5.17. The topological polar surface area (TPSA) is 35.2 Å². The van der Waals surface area contributed by atoms with Crippen LogP contribution in [0, 0.1) is 11.7 Å². The Hall–Kier alpha value is -1.71. The van der Waals surface area contributed by atoms with Crippen LogP contribution < -0.4 is 5.73 Å². The average molecular weight is 273 g/mol. The van der Waals surface area contributed by atoms with Crippen LogP contribution in [0.15, 0.2) is 54.6 Å². The van der Waals surface area contributed by atoms with E-state index in [1.54, 1.807) is 12.1 Å². The molecule has 0 amide bonds. The number of hydrogen-bond acceptors (Lipinski definition) is 2. The Morgan fingerprint density at radius 2 is 1.75 bits per heavy atom. The van der Waals surface area contributed by atoms with Crippen LogP contribution in [0.2, 0.25) is 0 Å². The summed E-state index contributed by atoms with van der Waals surface area (Å²) in [7, 11) is 0. The van der Waals surface area contributed by atoms with E-state index in [9.17, 15) is 4.39 Å². The third-order valence-electron chi connectivity index (χ3n) is 3.21. The molecule has 0 aliphatic heterocycles. The Morgan fingerprint density at radius 3 is 2.45 bits per heavy atom. The molecule has 0 aliphatic carbocycles. The third kappa shape index (κ3) is 4.76. The molecule has 2 rings (SSSR count). The van der Waals surface area contributed by atoms with E-state index in [-0.39, 0.29) is 11.7 Å². The SMILES string of the molecule is NCC(COCc1ccccc1)Cc1cccc(F)c1. The summed E-state index contributed by atoms with van der Waals surface area (Å²) < 4.78 is 18.8. The van der Waals surface area contributed by atoms with Crippen molar-refractivity contribution in [1.29, 1.82) is 0 Å². The Morgan fingerprint density at radius 1 is 1.00 bits per heavy atom. The fourth-order valence-electron chi connectivity index (χ4n) is 2.13. The highest BCUT2D eigenvalue weighted by atomic mass is 19.1. The number of nitrogens with two attached hydrogens (primary N) is 1. The Bertz CT molecular complexity index is 515. The highest BCUT2D eigenvalue weighted by Gasteiger charge is 2.09. The van der Waals surface area contributed by atoms with E-state index < -0.39 is 0 Å². The van der Waals surface area contributed by atoms with E-state index in [1.807, 2.05) is 36.4 Å². The minimum absolute atomic E-state index is 0.205. The molecular formula is C17H20FNO. The van der Waals surface area contributed by atoms with Gasteiger partial charge < -0.3 is 10.5 Å². The quantitative estimate of drug-likeness (QED) is 0.841. The lowest BCUT2D eigenvalue weighted by Crippen LogP contribution is -2.22. The van der Waals surface area contributed by atoms with Crippen molar-refractivity contribution >= 4 is 0 Å². The van der Waals surface area contributed by atoms with Gasteiger partial charge in [0, 0.05) is 0 Å². The normalized spacial score (nSPS) is 12.3. The molecule has 1 unspecified atom stereocenters. The number of halogens is 1. The molecule has 1 atom stereocenters. The predicted octanol–water partition coefficient (Wildman–Crippen LogP) is 3.16. The van der Waals surface area contributed by atoms with E-state index in [0.717, 1.165) is 17.5 Å². The molecule has 0 bridgehead atoms. The van der Waals surface area contributed by atoms with Gasteiger partial charge in [-0.15, -0.1) is 0 Å². The third-order valence-corrected chi connectivity index (χ3v) is 3.21. The van der Waals surface area contributed by atoms with Gasteiger partial charge in [-0.3, -0.25) is 0 Å². The maximum absolute atomic E-state index is 13.1. The Balaban J connectivity index is 1.80. The van der Waals surface area contributed by atoms with Crippen LogP contribution in [0.1, 0.15) is 11.1 Å². The smallest absolute Gasteiger partial charge is 0.123 e. The first-order valence-corrected chi connectivity index (χ1v) is 6.84. The molecule has 2 nitrogen and oxygen atoms in total. The monoisotopic (exact) mass is 273 g/mol. The second-order valence-corrected chi connectivity index (χ2v) is 4.94. The second kappa shape index (κ2) is 7.78. The van der Waals surface area contributed by atoms with Gasteiger partial charge in [0.25, 0.3) is 0 Å². The maximum atomic E-state index is 13.1. The van der Waals surface area contributed by atoms with Crippen molar-refractivity contribution in [2.45, 2.75) is 13.0 Å². The highest BCUT2D eigenvalue weighted by Crippen LogP contribution is 2.11. The van der Waals surface area contributed by atoms with Crippen molar-refractivity contribution < 1.29 is 9.13 Å². The molecule has 2 N–H and O–H groups in total. The first kappa shape index (κ1) is 14.7. The Kier molecular flexibility index (Phi) is 5.71. The van der Waals surface area contributed by atoms with Crippen LogP contribution in [0.5, 0.6) is 0 Å². The zero-order chi connectivity index (χ0) is 14.2. The minimum atomic E-state index is -0.205. The molecule has 0 spiro atoms. The van der Waals surface area contributed by atoms with Crippen molar-refractivity contribution in [3.05, 3.63) is 71.5 Å². The van der Waals surface area contributed by atoms with Crippen LogP contribution in [0.3, 0.4) is 0 Å². The predicted molar refractivity (Wildman–Crippen MR) is 78.7 cm³/mol. The van der Waals surface area contributed by atoms with E-state index in [4.69, 9.17) is 10.5 Å². The van der Waals surface area contributed by atoms with Gasteiger partial charge >= 0.3 is 0 Å². The molecule has 0 aliphatic rings. The first-order chi connectivity index (χ1) is 9.78. The van der Waals surface area contributed by atoms with E-state index in [1.165, 1.54) is 6.07 Å². The van der Waals surface area contributed by atoms with Crippen molar-refractivity contribution in [3.63, 3.8) is 0 Å². The Labute approximate surface area is 119 Å². The van der Waals surface area contributed by atoms with Gasteiger partial charge in [0.1, 0.15) is 5.82 Å². The molecule has 2 aromatic carbocycles. The summed E-state index contributed by atoms with van der Waals surface area (Å²) >= 11 is 0. The number of benzene rings is 2. The zero-order valence-corrected chi connectivity index (χ0v) is 11.5. The van der Waals surface area contributed by atoms with Gasteiger partial charge in [0.15, 0.2) is 0 Å². The summed E-state index contributed by atoms with van der Waals surface area (Å²) in [4.78, 5) is 0. The van der Waals surface area contributed by atoms with Gasteiger partial charge in [-0.05, 0) is 42.1 Å². The average Bonchev–Trinajstić information content (AvgIpc) is 2.47. The molecule has 0 radical (unpaired) electrons. The van der Waals surface area contributed by atoms with Gasteiger partial charge in [-0.2, -0.15) is 0 Å². The molecular weight excluding hydrogens is 253 g/mol. The summed E-state index contributed by atoms with van der Waals surface area (Å²) in [6, 6.07) is 16.7. The van der Waals surface area contributed by atoms with Crippen LogP contribution >= 0.6 is 0 Å². The maximum Gasteiger partial charge on any atom is 0.123 e. The van der Waals surface area contributed by atoms with Crippen molar-refractivity contribution in [3.8, 4) is 0 Å². The molecule has 3 heteroatoms. The van der Waals surface area contributed by atoms with Crippen molar-refractivity contribution in [2.24, 2.45) is 11.7 Å². The standard InChI is InChI=1S/C17H20FNO/c18-17-8-4-7-15(10-17)9-16(11-19)13-20-12-14-5-2-1-3-6-14/h1-8,10,16H,9,11-13,19H2. The number of hydrogen-bond donors (Lipinski definition) is 1. The van der Waals surface area contributed by atoms with Gasteiger partial charge in [0.2, 0.25) is 0 Å². The molecule has 20 heavy (non-hydrogen) atoms. The lowest BCUT2D eigenvalue weighted by atomic mass is 10.0. The van der Waals surface area contributed by atoms with Gasteiger partial charge in [0.05, 0.1) is 13.2 Å².